The van der Waals surface area contributed by atoms with Gasteiger partial charge < -0.3 is 65.0 Å². The van der Waals surface area contributed by atoms with Crippen molar-refractivity contribution in [2.45, 2.75) is 177 Å². The predicted octanol–water partition coefficient (Wildman–Crippen LogP) is 0.440. The summed E-state index contributed by atoms with van der Waals surface area (Å²) in [5.41, 5.74) is 0. The molecule has 6 unspecified atom stereocenters. The molecular formula is C37H59F3N2O15. The maximum absolute atomic E-state index is 13.6. The SMILES string of the molecule is CCC1CC(C(=O)CCCNC(=O)C(F)(F)F)C[C@@H](O[C@@H]2O[C@@H](CO)[C@H](O)C(O[C@@H](CC3CCCCC3)C(=O)O)C2NC(C)=O)[C@@H]1O[C@@H]1OC(C)[C@@H](O)[C@H](O)C1O. The topological polar surface area (TPSA) is 260 Å². The highest BCUT2D eigenvalue weighted by Gasteiger charge is 2.53. The fourth-order valence-electron chi connectivity index (χ4n) is 8.39. The predicted molar refractivity (Wildman–Crippen MR) is 189 cm³/mol. The van der Waals surface area contributed by atoms with E-state index in [1.807, 2.05) is 0 Å². The van der Waals surface area contributed by atoms with E-state index < -0.39 is 129 Å². The Morgan fingerprint density at radius 1 is 0.895 bits per heavy atom. The van der Waals surface area contributed by atoms with Crippen molar-refractivity contribution in [3.8, 4) is 0 Å². The smallest absolute Gasteiger partial charge is 0.471 e. The number of carbonyl (C=O) groups excluding carboxylic acids is 3. The van der Waals surface area contributed by atoms with Crippen LogP contribution in [-0.2, 0) is 42.9 Å². The Hall–Kier alpha value is -2.53. The zero-order chi connectivity index (χ0) is 42.2. The molecule has 15 atom stereocenters. The van der Waals surface area contributed by atoms with Crippen LogP contribution in [0, 0.1) is 17.8 Å². The first kappa shape index (κ1) is 47.2. The molecule has 2 saturated heterocycles. The van der Waals surface area contributed by atoms with E-state index in [-0.39, 0.29) is 43.8 Å². The Kier molecular flexibility index (Phi) is 17.5. The summed E-state index contributed by atoms with van der Waals surface area (Å²) >= 11 is 0. The van der Waals surface area contributed by atoms with Crippen LogP contribution in [0.5, 0.6) is 0 Å². The molecule has 2 aliphatic carbocycles. The summed E-state index contributed by atoms with van der Waals surface area (Å²) < 4.78 is 68.6. The Morgan fingerprint density at radius 3 is 2.18 bits per heavy atom. The number of rotatable bonds is 17. The molecule has 0 aromatic carbocycles. The van der Waals surface area contributed by atoms with Crippen molar-refractivity contribution in [2.24, 2.45) is 17.8 Å². The van der Waals surface area contributed by atoms with Crippen LogP contribution in [0.3, 0.4) is 0 Å². The number of nitrogens with one attached hydrogen (secondary N) is 2. The Bertz CT molecular complexity index is 1340. The van der Waals surface area contributed by atoms with Crippen molar-refractivity contribution in [3.63, 3.8) is 0 Å². The molecule has 0 aromatic rings. The van der Waals surface area contributed by atoms with Crippen LogP contribution in [0.1, 0.15) is 91.4 Å². The monoisotopic (exact) mass is 828 g/mol. The zero-order valence-corrected chi connectivity index (χ0v) is 32.4. The second-order valence-corrected chi connectivity index (χ2v) is 15.7. The second kappa shape index (κ2) is 21.1. The number of hydrogen-bond acceptors (Lipinski definition) is 14. The number of aliphatic carboxylic acids is 1. The summed E-state index contributed by atoms with van der Waals surface area (Å²) in [5, 5.41) is 67.8. The van der Waals surface area contributed by atoms with E-state index in [1.165, 1.54) is 13.8 Å². The molecule has 20 heteroatoms. The van der Waals surface area contributed by atoms with Gasteiger partial charge >= 0.3 is 18.1 Å². The van der Waals surface area contributed by atoms with E-state index in [9.17, 15) is 63.0 Å². The zero-order valence-electron chi connectivity index (χ0n) is 32.4. The van der Waals surface area contributed by atoms with Crippen LogP contribution < -0.4 is 10.6 Å². The van der Waals surface area contributed by atoms with Crippen LogP contribution in [-0.4, -0.2) is 153 Å². The number of alkyl halides is 3. The molecule has 0 spiro atoms. The lowest BCUT2D eigenvalue weighted by atomic mass is 9.74. The normalized spacial score (nSPS) is 37.2. The van der Waals surface area contributed by atoms with Gasteiger partial charge in [-0.2, -0.15) is 13.2 Å². The summed E-state index contributed by atoms with van der Waals surface area (Å²) in [4.78, 5) is 50.0. The Morgan fingerprint density at radius 2 is 1.58 bits per heavy atom. The third-order valence-electron chi connectivity index (χ3n) is 11.6. The van der Waals surface area contributed by atoms with Crippen molar-refractivity contribution in [1.29, 1.82) is 0 Å². The molecular weight excluding hydrogens is 769 g/mol. The van der Waals surface area contributed by atoms with E-state index >= 15 is 0 Å². The molecule has 2 amide bonds. The van der Waals surface area contributed by atoms with Gasteiger partial charge in [0.05, 0.1) is 24.9 Å². The molecule has 4 rings (SSSR count). The van der Waals surface area contributed by atoms with E-state index in [0.29, 0.717) is 6.42 Å². The lowest BCUT2D eigenvalue weighted by molar-refractivity contribution is -0.338. The van der Waals surface area contributed by atoms with Crippen LogP contribution in [0.4, 0.5) is 13.2 Å². The minimum atomic E-state index is -5.09. The highest BCUT2D eigenvalue weighted by Crippen LogP contribution is 2.40. The van der Waals surface area contributed by atoms with E-state index in [4.69, 9.17) is 23.7 Å². The van der Waals surface area contributed by atoms with Crippen molar-refractivity contribution < 1.29 is 86.7 Å². The minimum absolute atomic E-state index is 0.0398. The van der Waals surface area contributed by atoms with Crippen molar-refractivity contribution in [3.05, 3.63) is 0 Å². The summed E-state index contributed by atoms with van der Waals surface area (Å²) in [6.07, 6.45) is -17.3. The summed E-state index contributed by atoms with van der Waals surface area (Å²) in [5.74, 6) is -5.68. The first-order valence-electron chi connectivity index (χ1n) is 19.8. The first-order chi connectivity index (χ1) is 26.9. The van der Waals surface area contributed by atoms with Crippen LogP contribution in [0.25, 0.3) is 0 Å². The average Bonchev–Trinajstić information content (AvgIpc) is 3.16. The summed E-state index contributed by atoms with van der Waals surface area (Å²) in [6, 6.07) is -1.38. The highest BCUT2D eigenvalue weighted by atomic mass is 19.4. The number of hydrogen-bond donors (Lipinski definition) is 8. The minimum Gasteiger partial charge on any atom is -0.479 e. The average molecular weight is 829 g/mol. The van der Waals surface area contributed by atoms with Gasteiger partial charge in [0.1, 0.15) is 48.4 Å². The van der Waals surface area contributed by atoms with Gasteiger partial charge in [-0.3, -0.25) is 14.4 Å². The first-order valence-corrected chi connectivity index (χ1v) is 19.8. The summed E-state index contributed by atoms with van der Waals surface area (Å²) in [7, 11) is 0. The summed E-state index contributed by atoms with van der Waals surface area (Å²) in [6.45, 7) is 3.23. The van der Waals surface area contributed by atoms with E-state index in [2.05, 4.69) is 5.32 Å². The van der Waals surface area contributed by atoms with E-state index in [1.54, 1.807) is 12.2 Å². The number of ether oxygens (including phenoxy) is 5. The fraction of sp³-hybridized carbons (Fsp3) is 0.892. The number of ketones is 1. The Balaban J connectivity index is 1.63. The third-order valence-corrected chi connectivity index (χ3v) is 11.6. The molecule has 4 fully saturated rings. The molecule has 0 aromatic heterocycles. The van der Waals surface area contributed by atoms with Crippen LogP contribution >= 0.6 is 0 Å². The largest absolute Gasteiger partial charge is 0.479 e. The van der Waals surface area contributed by atoms with Gasteiger partial charge in [-0.1, -0.05) is 45.4 Å². The van der Waals surface area contributed by atoms with Crippen molar-refractivity contribution in [2.75, 3.05) is 13.2 Å². The quantitative estimate of drug-likeness (QED) is 0.0926. The molecule has 2 heterocycles. The molecule has 328 valence electrons. The molecule has 0 bridgehead atoms. The maximum atomic E-state index is 13.6. The maximum Gasteiger partial charge on any atom is 0.471 e. The Labute approximate surface area is 328 Å². The van der Waals surface area contributed by atoms with Crippen molar-refractivity contribution >= 4 is 23.6 Å². The van der Waals surface area contributed by atoms with Gasteiger partial charge in [-0.05, 0) is 44.4 Å². The number of aliphatic hydroxyl groups excluding tert-OH is 5. The lowest BCUT2D eigenvalue weighted by Gasteiger charge is -2.49. The molecule has 4 aliphatic rings. The van der Waals surface area contributed by atoms with E-state index in [0.717, 1.165) is 32.1 Å². The number of carboxylic acid groups (broad SMARTS) is 1. The lowest BCUT2D eigenvalue weighted by Crippen LogP contribution is -2.67. The van der Waals surface area contributed by atoms with Gasteiger partial charge in [0, 0.05) is 25.8 Å². The molecule has 17 nitrogen and oxygen atoms in total. The molecule has 2 aliphatic heterocycles. The standard InChI is InChI=1S/C37H59F3N2O15/c1-4-20-14-21(22(45)11-8-12-41-36(52)37(38,39)40)15-23(31(20)57-35-30(49)29(48)27(46)17(2)53-35)55-34-26(42-18(3)44)32(28(47)25(16-43)56-34)54-24(33(50)51)13-19-9-6-5-7-10-19/h17,19-21,23-32,34-35,43,46-49H,4-16H2,1-3H3,(H,41,52)(H,42,44)(H,50,51)/t17?,20?,21?,23-,24+,25+,26?,27-,28+,29+,30?,31-,32?,34-,35+/m1/s1. The second-order valence-electron chi connectivity index (χ2n) is 15.7. The molecule has 8 N–H and O–H groups in total. The molecule has 57 heavy (non-hydrogen) atoms. The number of amides is 2. The highest BCUT2D eigenvalue weighted by molar-refractivity contribution is 5.82. The van der Waals surface area contributed by atoms with Crippen LogP contribution in [0.15, 0.2) is 0 Å². The number of aliphatic hydroxyl groups is 5. The number of halogens is 3. The third kappa shape index (κ3) is 12.5. The van der Waals surface area contributed by atoms with Gasteiger partial charge in [0.25, 0.3) is 0 Å². The molecule has 0 radical (unpaired) electrons. The van der Waals surface area contributed by atoms with Gasteiger partial charge in [0.2, 0.25) is 5.91 Å². The number of carboxylic acids is 1. The molecule has 2 saturated carbocycles. The van der Waals surface area contributed by atoms with Gasteiger partial charge in [0.15, 0.2) is 18.7 Å². The van der Waals surface area contributed by atoms with Crippen LogP contribution in [0.2, 0.25) is 0 Å². The van der Waals surface area contributed by atoms with Crippen molar-refractivity contribution in [1.82, 2.24) is 10.6 Å². The number of Topliss-reactive ketones (excluding diaryl/α,β-unsaturated/α-hetero) is 1. The number of carbonyl (C=O) groups is 4. The van der Waals surface area contributed by atoms with Gasteiger partial charge in [-0.25, -0.2) is 4.79 Å². The fourth-order valence-corrected chi connectivity index (χ4v) is 8.39. The van der Waals surface area contributed by atoms with Gasteiger partial charge in [-0.15, -0.1) is 0 Å².